The Labute approximate surface area is 99.4 Å². The zero-order chi connectivity index (χ0) is 12.6. The number of aromatic nitrogens is 1. The first kappa shape index (κ1) is 11.5. The van der Waals surface area contributed by atoms with E-state index in [0.717, 1.165) is 11.1 Å². The monoisotopic (exact) mass is 229 g/mol. The first-order chi connectivity index (χ1) is 8.04. The van der Waals surface area contributed by atoms with E-state index in [1.807, 2.05) is 13.0 Å². The zero-order valence-corrected chi connectivity index (χ0v) is 10.0. The predicted octanol–water partition coefficient (Wildman–Crippen LogP) is 2.58. The fraction of sp³-hybridized carbons (Fsp3) is 0.214. The Morgan fingerprint density at radius 1 is 1.35 bits per heavy atom. The number of fused-ring (bicyclic) bond motifs is 1. The molecule has 0 aliphatic carbocycles. The van der Waals surface area contributed by atoms with Gasteiger partial charge < -0.3 is 10.1 Å². The lowest BCUT2D eigenvalue weighted by atomic mass is 10.0. The van der Waals surface area contributed by atoms with Gasteiger partial charge in [0.1, 0.15) is 5.75 Å². The number of nitrogens with one attached hydrogen (secondary N) is 1. The molecule has 0 aliphatic rings. The van der Waals surface area contributed by atoms with Crippen molar-refractivity contribution >= 4 is 10.9 Å². The summed E-state index contributed by atoms with van der Waals surface area (Å²) in [5.74, 6) is 0.227. The molecule has 1 aromatic carbocycles. The van der Waals surface area contributed by atoms with Crippen molar-refractivity contribution in [1.29, 1.82) is 0 Å². The highest BCUT2D eigenvalue weighted by Gasteiger charge is 2.10. The van der Waals surface area contributed by atoms with Gasteiger partial charge in [-0.05, 0) is 43.5 Å². The Hall–Kier alpha value is -2.03. The predicted molar refractivity (Wildman–Crippen MR) is 69.6 cm³/mol. The van der Waals surface area contributed by atoms with Gasteiger partial charge in [0.05, 0.1) is 5.52 Å². The van der Waals surface area contributed by atoms with E-state index in [1.165, 1.54) is 0 Å². The lowest BCUT2D eigenvalue weighted by Gasteiger charge is -2.10. The lowest BCUT2D eigenvalue weighted by Crippen LogP contribution is -2.09. The molecule has 0 saturated heterocycles. The second-order valence-corrected chi connectivity index (χ2v) is 4.26. The van der Waals surface area contributed by atoms with Crippen LogP contribution in [0.1, 0.15) is 16.7 Å². The van der Waals surface area contributed by atoms with Gasteiger partial charge in [-0.2, -0.15) is 0 Å². The maximum absolute atomic E-state index is 11.6. The van der Waals surface area contributed by atoms with Gasteiger partial charge in [-0.25, -0.2) is 0 Å². The van der Waals surface area contributed by atoms with Crippen molar-refractivity contribution in [2.24, 2.45) is 0 Å². The van der Waals surface area contributed by atoms with Gasteiger partial charge in [0, 0.05) is 10.9 Å². The maximum Gasteiger partial charge on any atom is 0.251 e. The van der Waals surface area contributed by atoms with Crippen LogP contribution in [0.3, 0.4) is 0 Å². The van der Waals surface area contributed by atoms with Crippen LogP contribution in [0, 0.1) is 13.8 Å². The molecular formula is C14H15NO2. The second kappa shape index (κ2) is 4.09. The quantitative estimate of drug-likeness (QED) is 0.778. The molecule has 1 aromatic heterocycles. The van der Waals surface area contributed by atoms with Crippen LogP contribution in [0.25, 0.3) is 10.9 Å². The maximum atomic E-state index is 11.6. The van der Waals surface area contributed by atoms with Gasteiger partial charge in [0.15, 0.2) is 0 Å². The number of aryl methyl sites for hydroxylation is 2. The van der Waals surface area contributed by atoms with Gasteiger partial charge in [-0.15, -0.1) is 6.58 Å². The molecule has 0 aliphatic heterocycles. The molecule has 0 spiro atoms. The summed E-state index contributed by atoms with van der Waals surface area (Å²) in [6, 6.07) is 3.60. The van der Waals surface area contributed by atoms with Crippen LogP contribution < -0.4 is 5.56 Å². The van der Waals surface area contributed by atoms with E-state index in [1.54, 1.807) is 19.1 Å². The summed E-state index contributed by atoms with van der Waals surface area (Å²) in [6.07, 6.45) is 2.36. The summed E-state index contributed by atoms with van der Waals surface area (Å²) in [7, 11) is 0. The topological polar surface area (TPSA) is 53.1 Å². The number of hydrogen-bond acceptors (Lipinski definition) is 2. The molecule has 2 rings (SSSR count). The summed E-state index contributed by atoms with van der Waals surface area (Å²) < 4.78 is 0. The summed E-state index contributed by atoms with van der Waals surface area (Å²) in [6.45, 7) is 7.32. The minimum absolute atomic E-state index is 0.114. The average Bonchev–Trinajstić information content (AvgIpc) is 2.29. The molecule has 0 radical (unpaired) electrons. The van der Waals surface area contributed by atoms with Crippen LogP contribution in [0.15, 0.2) is 29.6 Å². The molecule has 2 aromatic rings. The molecule has 0 fully saturated rings. The number of hydrogen-bond donors (Lipinski definition) is 2. The van der Waals surface area contributed by atoms with E-state index in [4.69, 9.17) is 0 Å². The number of aromatic hydroxyl groups is 1. The molecule has 88 valence electrons. The second-order valence-electron chi connectivity index (χ2n) is 4.26. The summed E-state index contributed by atoms with van der Waals surface area (Å²) in [5.41, 5.74) is 2.97. The van der Waals surface area contributed by atoms with Crippen LogP contribution in [-0.2, 0) is 6.42 Å². The van der Waals surface area contributed by atoms with Crippen molar-refractivity contribution in [2.75, 3.05) is 0 Å². The third kappa shape index (κ3) is 1.84. The number of allylic oxidation sites excluding steroid dienone is 1. The Balaban J connectivity index is 2.88. The van der Waals surface area contributed by atoms with E-state index in [9.17, 15) is 9.90 Å². The van der Waals surface area contributed by atoms with Crippen LogP contribution in [0.4, 0.5) is 0 Å². The fourth-order valence-corrected chi connectivity index (χ4v) is 2.02. The van der Waals surface area contributed by atoms with E-state index in [2.05, 4.69) is 11.6 Å². The van der Waals surface area contributed by atoms with E-state index >= 15 is 0 Å². The largest absolute Gasteiger partial charge is 0.507 e. The lowest BCUT2D eigenvalue weighted by molar-refractivity contribution is 0.476. The Bertz CT molecular complexity index is 653. The van der Waals surface area contributed by atoms with Crippen LogP contribution in [0.2, 0.25) is 0 Å². The van der Waals surface area contributed by atoms with E-state index in [-0.39, 0.29) is 11.3 Å². The van der Waals surface area contributed by atoms with Crippen LogP contribution in [0.5, 0.6) is 5.75 Å². The fourth-order valence-electron chi connectivity index (χ4n) is 2.02. The molecule has 0 atom stereocenters. The van der Waals surface area contributed by atoms with Gasteiger partial charge in [-0.1, -0.05) is 6.08 Å². The van der Waals surface area contributed by atoms with Gasteiger partial charge in [-0.3, -0.25) is 4.79 Å². The number of phenols is 1. The molecule has 1 heterocycles. The Morgan fingerprint density at radius 2 is 2.06 bits per heavy atom. The normalized spacial score (nSPS) is 10.7. The van der Waals surface area contributed by atoms with Crippen molar-refractivity contribution in [3.05, 3.63) is 51.8 Å². The van der Waals surface area contributed by atoms with Crippen LogP contribution in [-0.4, -0.2) is 10.1 Å². The van der Waals surface area contributed by atoms with Crippen molar-refractivity contribution in [1.82, 2.24) is 4.98 Å². The summed E-state index contributed by atoms with van der Waals surface area (Å²) in [5, 5.41) is 10.8. The molecule has 0 unspecified atom stereocenters. The average molecular weight is 229 g/mol. The number of pyridine rings is 1. The SMILES string of the molecule is C=CCc1cc(C)c2[nH]c(=O)c(C)cc2c1O. The number of aromatic amines is 1. The molecule has 2 N–H and O–H groups in total. The highest BCUT2D eigenvalue weighted by atomic mass is 16.3. The highest BCUT2D eigenvalue weighted by molar-refractivity contribution is 5.89. The van der Waals surface area contributed by atoms with Gasteiger partial charge in [0.25, 0.3) is 5.56 Å². The highest BCUT2D eigenvalue weighted by Crippen LogP contribution is 2.30. The van der Waals surface area contributed by atoms with Crippen molar-refractivity contribution in [3.8, 4) is 5.75 Å². The van der Waals surface area contributed by atoms with Crippen molar-refractivity contribution < 1.29 is 5.11 Å². The third-order valence-corrected chi connectivity index (χ3v) is 2.94. The molecule has 3 nitrogen and oxygen atoms in total. The van der Waals surface area contributed by atoms with E-state index in [0.29, 0.717) is 22.9 Å². The summed E-state index contributed by atoms with van der Waals surface area (Å²) >= 11 is 0. The van der Waals surface area contributed by atoms with Crippen LogP contribution >= 0.6 is 0 Å². The molecule has 17 heavy (non-hydrogen) atoms. The molecule has 0 bridgehead atoms. The smallest absolute Gasteiger partial charge is 0.251 e. The van der Waals surface area contributed by atoms with Crippen molar-refractivity contribution in [3.63, 3.8) is 0 Å². The summed E-state index contributed by atoms with van der Waals surface area (Å²) in [4.78, 5) is 14.3. The first-order valence-corrected chi connectivity index (χ1v) is 5.50. The number of rotatable bonds is 2. The first-order valence-electron chi connectivity index (χ1n) is 5.50. The molecule has 0 saturated carbocycles. The van der Waals surface area contributed by atoms with E-state index < -0.39 is 0 Å². The van der Waals surface area contributed by atoms with Gasteiger partial charge >= 0.3 is 0 Å². The number of phenolic OH excluding ortho intramolecular Hbond substituents is 1. The number of benzene rings is 1. The van der Waals surface area contributed by atoms with Gasteiger partial charge in [0.2, 0.25) is 0 Å². The molecule has 3 heteroatoms. The van der Waals surface area contributed by atoms with Crippen molar-refractivity contribution in [2.45, 2.75) is 20.3 Å². The third-order valence-electron chi connectivity index (χ3n) is 2.94. The standard InChI is InChI=1S/C14H15NO2/c1-4-5-10-6-8(2)12-11(13(10)16)7-9(3)14(17)15-12/h4,6-7,16H,1,5H2,2-3H3,(H,15,17). The molecule has 0 amide bonds. The zero-order valence-electron chi connectivity index (χ0n) is 10.0. The Morgan fingerprint density at radius 3 is 2.71 bits per heavy atom. The minimum atomic E-state index is -0.114. The number of H-pyrrole nitrogens is 1. The minimum Gasteiger partial charge on any atom is -0.507 e. The Kier molecular flexibility index (Phi) is 2.76. The molecular weight excluding hydrogens is 214 g/mol.